The lowest BCUT2D eigenvalue weighted by molar-refractivity contribution is 0.00578. The molecule has 4 heteroatoms. The van der Waals surface area contributed by atoms with Gasteiger partial charge in [-0.3, -0.25) is 4.99 Å². The Labute approximate surface area is 99.1 Å². The summed E-state index contributed by atoms with van der Waals surface area (Å²) < 4.78 is 11.9. The zero-order valence-electron chi connectivity index (χ0n) is 11.4. The van der Waals surface area contributed by atoms with E-state index in [-0.39, 0.29) is 18.3 Å². The lowest BCUT2D eigenvalue weighted by atomic mass is 9.78. The van der Waals surface area contributed by atoms with Gasteiger partial charge in [-0.25, -0.2) is 0 Å². The van der Waals surface area contributed by atoms with Crippen molar-refractivity contribution in [1.29, 1.82) is 0 Å². The van der Waals surface area contributed by atoms with Crippen molar-refractivity contribution in [3.63, 3.8) is 0 Å². The zero-order chi connectivity index (χ0) is 12.6. The van der Waals surface area contributed by atoms with Crippen LogP contribution in [0.3, 0.4) is 0 Å². The van der Waals surface area contributed by atoms with Gasteiger partial charge in [-0.2, -0.15) is 0 Å². The maximum atomic E-state index is 5.94. The van der Waals surface area contributed by atoms with Crippen molar-refractivity contribution in [2.45, 2.75) is 59.7 Å². The number of rotatable bonds is 2. The smallest absolute Gasteiger partial charge is 0.400 e. The lowest BCUT2D eigenvalue weighted by Crippen LogP contribution is -2.41. The van der Waals surface area contributed by atoms with Gasteiger partial charge in [-0.1, -0.05) is 0 Å². The van der Waals surface area contributed by atoms with Gasteiger partial charge in [0.2, 0.25) is 0 Å². The second-order valence-electron chi connectivity index (χ2n) is 5.24. The van der Waals surface area contributed by atoms with Crippen LogP contribution in [0, 0.1) is 0 Å². The molecule has 16 heavy (non-hydrogen) atoms. The first-order valence-electron chi connectivity index (χ1n) is 5.73. The maximum Gasteiger partial charge on any atom is 0.492 e. The van der Waals surface area contributed by atoms with E-state index in [9.17, 15) is 0 Å². The normalized spacial score (nSPS) is 25.1. The van der Waals surface area contributed by atoms with Gasteiger partial charge in [-0.05, 0) is 53.9 Å². The van der Waals surface area contributed by atoms with Gasteiger partial charge in [0, 0.05) is 11.9 Å². The molecule has 0 atom stereocenters. The van der Waals surface area contributed by atoms with E-state index >= 15 is 0 Å². The second-order valence-corrected chi connectivity index (χ2v) is 5.24. The van der Waals surface area contributed by atoms with Crippen molar-refractivity contribution in [3.05, 3.63) is 11.2 Å². The van der Waals surface area contributed by atoms with E-state index in [0.717, 1.165) is 11.2 Å². The van der Waals surface area contributed by atoms with Crippen molar-refractivity contribution in [2.24, 2.45) is 4.99 Å². The first-order valence-corrected chi connectivity index (χ1v) is 5.73. The molecule has 0 amide bonds. The summed E-state index contributed by atoms with van der Waals surface area (Å²) in [6, 6.07) is 0. The number of hydrogen-bond donors (Lipinski definition) is 0. The molecule has 1 aliphatic heterocycles. The molecule has 0 aromatic carbocycles. The molecule has 0 aliphatic carbocycles. The minimum atomic E-state index is -0.284. The van der Waals surface area contributed by atoms with Crippen LogP contribution in [0.5, 0.6) is 0 Å². The summed E-state index contributed by atoms with van der Waals surface area (Å²) in [5.41, 5.74) is 1.43. The van der Waals surface area contributed by atoms with Gasteiger partial charge in [-0.15, -0.1) is 0 Å². The van der Waals surface area contributed by atoms with Crippen LogP contribution < -0.4 is 0 Å². The predicted octanol–water partition coefficient (Wildman–Crippen LogP) is 3.00. The molecular weight excluding hydrogens is 201 g/mol. The zero-order valence-corrected chi connectivity index (χ0v) is 11.4. The summed E-state index contributed by atoms with van der Waals surface area (Å²) in [7, 11) is -0.284. The van der Waals surface area contributed by atoms with Gasteiger partial charge in [0.15, 0.2) is 0 Å². The van der Waals surface area contributed by atoms with Crippen LogP contribution in [0.25, 0.3) is 0 Å². The first-order chi connectivity index (χ1) is 7.21. The summed E-state index contributed by atoms with van der Waals surface area (Å²) in [5.74, 6) is 0. The Morgan fingerprint density at radius 1 is 1.06 bits per heavy atom. The molecule has 1 saturated heterocycles. The number of nitrogens with zero attached hydrogens (tertiary/aromatic N) is 1. The number of aliphatic imine (C=N–C) groups is 1. The average Bonchev–Trinajstić information content (AvgIpc) is 2.35. The molecule has 90 valence electrons. The molecule has 0 radical (unpaired) electrons. The fourth-order valence-corrected chi connectivity index (χ4v) is 1.49. The quantitative estimate of drug-likeness (QED) is 0.532. The number of hydrogen-bond acceptors (Lipinski definition) is 3. The van der Waals surface area contributed by atoms with Crippen LogP contribution in [0.4, 0.5) is 0 Å². The van der Waals surface area contributed by atoms with E-state index in [1.54, 1.807) is 6.21 Å². The van der Waals surface area contributed by atoms with Crippen molar-refractivity contribution >= 4 is 13.3 Å². The predicted molar refractivity (Wildman–Crippen MR) is 68.6 cm³/mol. The first kappa shape index (κ1) is 13.5. The van der Waals surface area contributed by atoms with Crippen LogP contribution in [0.2, 0.25) is 0 Å². The third kappa shape index (κ3) is 2.38. The molecule has 1 fully saturated rings. The molecule has 0 spiro atoms. The minimum absolute atomic E-state index is 0.283. The fraction of sp³-hybridized carbons (Fsp3) is 0.750. The molecule has 3 nitrogen and oxygen atoms in total. The summed E-state index contributed by atoms with van der Waals surface area (Å²) >= 11 is 0. The highest BCUT2D eigenvalue weighted by Crippen LogP contribution is 2.38. The Morgan fingerprint density at radius 2 is 1.50 bits per heavy atom. The van der Waals surface area contributed by atoms with E-state index < -0.39 is 0 Å². The van der Waals surface area contributed by atoms with Crippen LogP contribution in [0.15, 0.2) is 16.2 Å². The minimum Gasteiger partial charge on any atom is -0.400 e. The van der Waals surface area contributed by atoms with Gasteiger partial charge in [0.25, 0.3) is 0 Å². The van der Waals surface area contributed by atoms with Crippen molar-refractivity contribution in [3.8, 4) is 0 Å². The highest BCUT2D eigenvalue weighted by Gasteiger charge is 2.51. The lowest BCUT2D eigenvalue weighted by Gasteiger charge is -2.32. The molecule has 0 saturated carbocycles. The average molecular weight is 223 g/mol. The van der Waals surface area contributed by atoms with Crippen molar-refractivity contribution < 1.29 is 9.31 Å². The van der Waals surface area contributed by atoms with Gasteiger partial charge >= 0.3 is 7.12 Å². The molecule has 0 N–H and O–H groups in total. The molecule has 1 aliphatic rings. The summed E-state index contributed by atoms with van der Waals surface area (Å²) in [6.45, 7) is 14.1. The van der Waals surface area contributed by atoms with E-state index in [2.05, 4.69) is 32.7 Å². The van der Waals surface area contributed by atoms with Gasteiger partial charge in [0.05, 0.1) is 11.2 Å². The summed E-state index contributed by atoms with van der Waals surface area (Å²) in [5, 5.41) is 0. The monoisotopic (exact) mass is 223 g/mol. The third-order valence-corrected chi connectivity index (χ3v) is 3.50. The SMILES string of the molecule is C/C=N\C(C)=C(/C)B1OC(C)(C)C(C)(C)O1. The van der Waals surface area contributed by atoms with E-state index in [0.29, 0.717) is 0 Å². The van der Waals surface area contributed by atoms with Crippen molar-refractivity contribution in [2.75, 3.05) is 0 Å². The molecule has 0 unspecified atom stereocenters. The van der Waals surface area contributed by atoms with Crippen LogP contribution in [-0.2, 0) is 9.31 Å². The fourth-order valence-electron chi connectivity index (χ4n) is 1.49. The highest BCUT2D eigenvalue weighted by molar-refractivity contribution is 6.54. The topological polar surface area (TPSA) is 30.8 Å². The Bertz CT molecular complexity index is 316. The van der Waals surface area contributed by atoms with Crippen LogP contribution in [-0.4, -0.2) is 24.5 Å². The summed E-state index contributed by atoms with van der Waals surface area (Å²) in [6.07, 6.45) is 1.78. The Balaban J connectivity index is 2.92. The molecule has 0 bridgehead atoms. The van der Waals surface area contributed by atoms with Crippen LogP contribution in [0.1, 0.15) is 48.5 Å². The molecule has 0 aromatic rings. The number of allylic oxidation sites excluding steroid dienone is 2. The largest absolute Gasteiger partial charge is 0.492 e. The van der Waals surface area contributed by atoms with Crippen molar-refractivity contribution in [1.82, 2.24) is 0 Å². The van der Waals surface area contributed by atoms with Gasteiger partial charge in [0.1, 0.15) is 0 Å². The maximum absolute atomic E-state index is 5.94. The Morgan fingerprint density at radius 3 is 1.88 bits per heavy atom. The molecule has 1 heterocycles. The second kappa shape index (κ2) is 4.34. The highest BCUT2D eigenvalue weighted by atomic mass is 16.7. The van der Waals surface area contributed by atoms with E-state index in [4.69, 9.17) is 9.31 Å². The molecule has 1 rings (SSSR count). The molecule has 0 aromatic heterocycles. The van der Waals surface area contributed by atoms with Gasteiger partial charge < -0.3 is 9.31 Å². The van der Waals surface area contributed by atoms with E-state index in [1.165, 1.54) is 0 Å². The van der Waals surface area contributed by atoms with E-state index in [1.807, 2.05) is 20.8 Å². The Hall–Kier alpha value is -0.605. The summed E-state index contributed by atoms with van der Waals surface area (Å²) in [4.78, 5) is 4.26. The Kier molecular flexibility index (Phi) is 3.65. The molecular formula is C12H22BNO2. The van der Waals surface area contributed by atoms with Crippen LogP contribution >= 0.6 is 0 Å². The third-order valence-electron chi connectivity index (χ3n) is 3.50. The standard InChI is InChI=1S/C12H22BNO2/c1-8-14-10(3)9(2)13-15-11(4,5)12(6,7)16-13/h8H,1-7H3/b10-9+,14-8-.